The molecule has 0 amide bonds. The Hall–Kier alpha value is -1.55. The Bertz CT molecular complexity index is 375. The highest BCUT2D eigenvalue weighted by molar-refractivity contribution is 5.69. The molecule has 0 fully saturated rings. The van der Waals surface area contributed by atoms with Gasteiger partial charge >= 0.3 is 5.97 Å². The molecule has 1 aromatic carbocycles. The molecule has 0 bridgehead atoms. The molecule has 1 atom stereocenters. The highest BCUT2D eigenvalue weighted by Crippen LogP contribution is 2.14. The average molecular weight is 265 g/mol. The summed E-state index contributed by atoms with van der Waals surface area (Å²) in [5, 5.41) is 3.13. The number of nitrogens with one attached hydrogen (secondary N) is 1. The Morgan fingerprint density at radius 1 is 1.32 bits per heavy atom. The molecule has 4 heteroatoms. The van der Waals surface area contributed by atoms with Gasteiger partial charge in [0, 0.05) is 6.04 Å². The van der Waals surface area contributed by atoms with Crippen LogP contribution < -0.4 is 10.1 Å². The molecule has 1 rings (SSSR count). The number of hydrogen-bond acceptors (Lipinski definition) is 4. The predicted octanol–water partition coefficient (Wildman–Crippen LogP) is 2.17. The van der Waals surface area contributed by atoms with Crippen LogP contribution in [-0.4, -0.2) is 32.8 Å². The zero-order valence-electron chi connectivity index (χ0n) is 11.9. The van der Waals surface area contributed by atoms with Gasteiger partial charge in [-0.2, -0.15) is 0 Å². The molecule has 0 aliphatic rings. The molecule has 4 nitrogen and oxygen atoms in total. The van der Waals surface area contributed by atoms with E-state index in [0.29, 0.717) is 6.42 Å². The van der Waals surface area contributed by atoms with Gasteiger partial charge in [0.1, 0.15) is 5.75 Å². The SMILES string of the molecule is CCCOc1ccc(CC(CC(=O)OC)NC)cc1. The second-order valence-electron chi connectivity index (χ2n) is 4.46. The predicted molar refractivity (Wildman–Crippen MR) is 75.4 cm³/mol. The number of hydrogen-bond donors (Lipinski definition) is 1. The van der Waals surface area contributed by atoms with Gasteiger partial charge in [0.2, 0.25) is 0 Å². The molecule has 1 aromatic rings. The first-order valence-corrected chi connectivity index (χ1v) is 6.65. The van der Waals surface area contributed by atoms with Crippen molar-refractivity contribution in [2.45, 2.75) is 32.2 Å². The first-order valence-electron chi connectivity index (χ1n) is 6.65. The number of ether oxygens (including phenoxy) is 2. The molecular formula is C15H23NO3. The molecule has 106 valence electrons. The van der Waals surface area contributed by atoms with Gasteiger partial charge in [0.15, 0.2) is 0 Å². The van der Waals surface area contributed by atoms with Gasteiger partial charge in [-0.15, -0.1) is 0 Å². The van der Waals surface area contributed by atoms with Crippen molar-refractivity contribution in [1.29, 1.82) is 0 Å². The Morgan fingerprint density at radius 3 is 2.53 bits per heavy atom. The van der Waals surface area contributed by atoms with Crippen molar-refractivity contribution in [3.05, 3.63) is 29.8 Å². The zero-order chi connectivity index (χ0) is 14.1. The van der Waals surface area contributed by atoms with E-state index < -0.39 is 0 Å². The Kier molecular flexibility index (Phi) is 6.97. The van der Waals surface area contributed by atoms with E-state index in [1.165, 1.54) is 12.7 Å². The summed E-state index contributed by atoms with van der Waals surface area (Å²) in [7, 11) is 3.27. The van der Waals surface area contributed by atoms with Crippen LogP contribution in [0.15, 0.2) is 24.3 Å². The highest BCUT2D eigenvalue weighted by Gasteiger charge is 2.12. The lowest BCUT2D eigenvalue weighted by Gasteiger charge is -2.15. The molecule has 0 heterocycles. The normalized spacial score (nSPS) is 11.9. The van der Waals surface area contributed by atoms with Crippen LogP contribution in [0.2, 0.25) is 0 Å². The van der Waals surface area contributed by atoms with Crippen LogP contribution in [0.4, 0.5) is 0 Å². The van der Waals surface area contributed by atoms with Crippen molar-refractivity contribution < 1.29 is 14.3 Å². The summed E-state index contributed by atoms with van der Waals surface area (Å²) in [4.78, 5) is 11.3. The first-order chi connectivity index (χ1) is 9.19. The summed E-state index contributed by atoms with van der Waals surface area (Å²) >= 11 is 0. The van der Waals surface area contributed by atoms with E-state index in [9.17, 15) is 4.79 Å². The number of esters is 1. The number of carbonyl (C=O) groups is 1. The standard InChI is InChI=1S/C15H23NO3/c1-4-9-19-14-7-5-12(6-8-14)10-13(16-2)11-15(17)18-3/h5-8,13,16H,4,9-11H2,1-3H3. The minimum absolute atomic E-state index is 0.0925. The van der Waals surface area contributed by atoms with Gasteiger partial charge in [0.25, 0.3) is 0 Å². The van der Waals surface area contributed by atoms with E-state index in [2.05, 4.69) is 17.0 Å². The number of rotatable bonds is 8. The maximum absolute atomic E-state index is 11.3. The Labute approximate surface area is 115 Å². The molecule has 0 aromatic heterocycles. The fourth-order valence-electron chi connectivity index (χ4n) is 1.79. The van der Waals surface area contributed by atoms with Gasteiger partial charge in [-0.05, 0) is 37.6 Å². The number of benzene rings is 1. The van der Waals surface area contributed by atoms with Crippen LogP contribution >= 0.6 is 0 Å². The van der Waals surface area contributed by atoms with Crippen molar-refractivity contribution >= 4 is 5.97 Å². The molecule has 19 heavy (non-hydrogen) atoms. The van der Waals surface area contributed by atoms with E-state index in [1.54, 1.807) is 0 Å². The van der Waals surface area contributed by atoms with E-state index in [-0.39, 0.29) is 12.0 Å². The molecular weight excluding hydrogens is 242 g/mol. The maximum Gasteiger partial charge on any atom is 0.307 e. The molecule has 0 radical (unpaired) electrons. The van der Waals surface area contributed by atoms with Crippen LogP contribution in [0, 0.1) is 0 Å². The molecule has 1 N–H and O–H groups in total. The van der Waals surface area contributed by atoms with Crippen molar-refractivity contribution in [1.82, 2.24) is 5.32 Å². The van der Waals surface area contributed by atoms with Crippen molar-refractivity contribution in [3.8, 4) is 5.75 Å². The summed E-state index contributed by atoms with van der Waals surface area (Å²) in [5.41, 5.74) is 1.17. The quantitative estimate of drug-likeness (QED) is 0.732. The summed E-state index contributed by atoms with van der Waals surface area (Å²) in [5.74, 6) is 0.696. The summed E-state index contributed by atoms with van der Waals surface area (Å²) in [6.45, 7) is 2.82. The van der Waals surface area contributed by atoms with E-state index in [4.69, 9.17) is 4.74 Å². The van der Waals surface area contributed by atoms with Gasteiger partial charge in [0.05, 0.1) is 20.1 Å². The van der Waals surface area contributed by atoms with E-state index in [0.717, 1.165) is 25.2 Å². The first kappa shape index (κ1) is 15.5. The van der Waals surface area contributed by atoms with Gasteiger partial charge in [-0.1, -0.05) is 19.1 Å². The van der Waals surface area contributed by atoms with Crippen LogP contribution in [0.5, 0.6) is 5.75 Å². The lowest BCUT2D eigenvalue weighted by atomic mass is 10.0. The fourth-order valence-corrected chi connectivity index (χ4v) is 1.79. The fraction of sp³-hybridized carbons (Fsp3) is 0.533. The largest absolute Gasteiger partial charge is 0.494 e. The Morgan fingerprint density at radius 2 is 2.00 bits per heavy atom. The average Bonchev–Trinajstić information content (AvgIpc) is 2.45. The molecule has 0 aliphatic heterocycles. The van der Waals surface area contributed by atoms with Gasteiger partial charge < -0.3 is 14.8 Å². The molecule has 0 saturated heterocycles. The third-order valence-corrected chi connectivity index (χ3v) is 2.93. The zero-order valence-corrected chi connectivity index (χ0v) is 11.9. The van der Waals surface area contributed by atoms with Crippen LogP contribution in [0.25, 0.3) is 0 Å². The minimum atomic E-state index is -0.192. The van der Waals surface area contributed by atoms with Crippen LogP contribution in [0.1, 0.15) is 25.3 Å². The third kappa shape index (κ3) is 5.75. The highest BCUT2D eigenvalue weighted by atomic mass is 16.5. The topological polar surface area (TPSA) is 47.6 Å². The van der Waals surface area contributed by atoms with E-state index in [1.807, 2.05) is 31.3 Å². The monoisotopic (exact) mass is 265 g/mol. The summed E-state index contributed by atoms with van der Waals surface area (Å²) in [6, 6.07) is 8.10. The second kappa shape index (κ2) is 8.53. The second-order valence-corrected chi connectivity index (χ2v) is 4.46. The summed E-state index contributed by atoms with van der Waals surface area (Å²) in [6.07, 6.45) is 2.17. The number of likely N-dealkylation sites (N-methyl/N-ethyl adjacent to an activating group) is 1. The van der Waals surface area contributed by atoms with Crippen LogP contribution in [-0.2, 0) is 16.0 Å². The van der Waals surface area contributed by atoms with Crippen molar-refractivity contribution in [2.75, 3.05) is 20.8 Å². The Balaban J connectivity index is 2.52. The molecule has 0 aliphatic carbocycles. The number of carbonyl (C=O) groups excluding carboxylic acids is 1. The summed E-state index contributed by atoms with van der Waals surface area (Å²) < 4.78 is 10.2. The number of methoxy groups -OCH3 is 1. The van der Waals surface area contributed by atoms with Crippen LogP contribution in [0.3, 0.4) is 0 Å². The van der Waals surface area contributed by atoms with Gasteiger partial charge in [-0.25, -0.2) is 0 Å². The van der Waals surface area contributed by atoms with Crippen molar-refractivity contribution in [2.24, 2.45) is 0 Å². The molecule has 1 unspecified atom stereocenters. The third-order valence-electron chi connectivity index (χ3n) is 2.93. The van der Waals surface area contributed by atoms with Gasteiger partial charge in [-0.3, -0.25) is 4.79 Å². The van der Waals surface area contributed by atoms with E-state index >= 15 is 0 Å². The molecule has 0 saturated carbocycles. The van der Waals surface area contributed by atoms with Crippen molar-refractivity contribution in [3.63, 3.8) is 0 Å². The lowest BCUT2D eigenvalue weighted by molar-refractivity contribution is -0.141. The molecule has 0 spiro atoms. The minimum Gasteiger partial charge on any atom is -0.494 e. The maximum atomic E-state index is 11.3. The smallest absolute Gasteiger partial charge is 0.307 e. The lowest BCUT2D eigenvalue weighted by Crippen LogP contribution is -2.30.